The van der Waals surface area contributed by atoms with Gasteiger partial charge in [0, 0.05) is 40.3 Å². The minimum Gasteiger partial charge on any atom is -0.343 e. The van der Waals surface area contributed by atoms with Gasteiger partial charge in [-0.2, -0.15) is 0 Å². The van der Waals surface area contributed by atoms with Gasteiger partial charge in [-0.1, -0.05) is 29.8 Å². The van der Waals surface area contributed by atoms with Crippen molar-refractivity contribution in [2.24, 2.45) is 0 Å². The molecule has 0 atom stereocenters. The monoisotopic (exact) mass is 292 g/mol. The summed E-state index contributed by atoms with van der Waals surface area (Å²) in [6, 6.07) is 18.5. The number of rotatable bonds is 2. The predicted molar refractivity (Wildman–Crippen MR) is 87.8 cm³/mol. The van der Waals surface area contributed by atoms with Crippen molar-refractivity contribution in [1.82, 2.24) is 9.55 Å². The van der Waals surface area contributed by atoms with Crippen LogP contribution in [0.5, 0.6) is 0 Å². The summed E-state index contributed by atoms with van der Waals surface area (Å²) < 4.78 is 2.22. The Bertz CT molecular complexity index is 940. The van der Waals surface area contributed by atoms with E-state index in [1.807, 2.05) is 24.4 Å². The highest BCUT2D eigenvalue weighted by Gasteiger charge is 2.05. The van der Waals surface area contributed by atoms with Crippen molar-refractivity contribution in [3.05, 3.63) is 77.6 Å². The third-order valence-electron chi connectivity index (χ3n) is 3.78. The molecule has 102 valence electrons. The molecule has 4 aromatic rings. The molecule has 3 heteroatoms. The van der Waals surface area contributed by atoms with Gasteiger partial charge >= 0.3 is 0 Å². The van der Waals surface area contributed by atoms with E-state index >= 15 is 0 Å². The summed E-state index contributed by atoms with van der Waals surface area (Å²) in [5.74, 6) is 0. The van der Waals surface area contributed by atoms with Crippen LogP contribution in [0.15, 0.2) is 67.0 Å². The molecule has 0 N–H and O–H groups in total. The van der Waals surface area contributed by atoms with E-state index in [0.717, 1.165) is 28.0 Å². The van der Waals surface area contributed by atoms with Crippen LogP contribution in [0.4, 0.5) is 0 Å². The first kappa shape index (κ1) is 12.4. The number of pyridine rings is 1. The van der Waals surface area contributed by atoms with Crippen molar-refractivity contribution in [2.75, 3.05) is 0 Å². The average molecular weight is 293 g/mol. The van der Waals surface area contributed by atoms with E-state index in [2.05, 4.69) is 52.1 Å². The Morgan fingerprint density at radius 3 is 2.90 bits per heavy atom. The molecule has 4 rings (SSSR count). The highest BCUT2D eigenvalue weighted by atomic mass is 35.5. The summed E-state index contributed by atoms with van der Waals surface area (Å²) in [4.78, 5) is 4.36. The van der Waals surface area contributed by atoms with E-state index in [9.17, 15) is 0 Å². The van der Waals surface area contributed by atoms with Gasteiger partial charge in [-0.15, -0.1) is 0 Å². The summed E-state index contributed by atoms with van der Waals surface area (Å²) in [5, 5.41) is 3.07. The van der Waals surface area contributed by atoms with Crippen LogP contribution in [0.25, 0.3) is 21.8 Å². The standard InChI is InChI=1S/C18H13ClN2/c19-16-4-1-5-18-15(16)8-10-21(18)12-13-6-7-17-14(11-13)3-2-9-20-17/h1-11H,12H2. The van der Waals surface area contributed by atoms with Crippen LogP contribution in [0.1, 0.15) is 5.56 Å². The van der Waals surface area contributed by atoms with Gasteiger partial charge in [0.15, 0.2) is 0 Å². The number of nitrogens with zero attached hydrogens (tertiary/aromatic N) is 2. The van der Waals surface area contributed by atoms with Crippen LogP contribution >= 0.6 is 11.6 Å². The molecule has 0 saturated heterocycles. The van der Waals surface area contributed by atoms with Gasteiger partial charge in [-0.05, 0) is 42.0 Å². The Morgan fingerprint density at radius 2 is 1.95 bits per heavy atom. The summed E-state index contributed by atoms with van der Waals surface area (Å²) in [6.07, 6.45) is 3.91. The zero-order chi connectivity index (χ0) is 14.2. The van der Waals surface area contributed by atoms with E-state index in [-0.39, 0.29) is 0 Å². The maximum absolute atomic E-state index is 6.23. The molecule has 21 heavy (non-hydrogen) atoms. The Kier molecular flexibility index (Phi) is 2.90. The lowest BCUT2D eigenvalue weighted by atomic mass is 10.1. The number of aromatic nitrogens is 2. The van der Waals surface area contributed by atoms with Crippen LogP contribution in [0.3, 0.4) is 0 Å². The van der Waals surface area contributed by atoms with E-state index in [1.165, 1.54) is 10.9 Å². The number of hydrogen-bond acceptors (Lipinski definition) is 1. The highest BCUT2D eigenvalue weighted by Crippen LogP contribution is 2.25. The van der Waals surface area contributed by atoms with Gasteiger partial charge in [0.05, 0.1) is 5.52 Å². The molecule has 2 nitrogen and oxygen atoms in total. The van der Waals surface area contributed by atoms with Crippen LogP contribution in [0.2, 0.25) is 5.02 Å². The van der Waals surface area contributed by atoms with Crippen molar-refractivity contribution in [3.8, 4) is 0 Å². The van der Waals surface area contributed by atoms with E-state index in [0.29, 0.717) is 0 Å². The van der Waals surface area contributed by atoms with Crippen LogP contribution in [-0.4, -0.2) is 9.55 Å². The second kappa shape index (κ2) is 4.90. The minimum absolute atomic E-state index is 0.800. The van der Waals surface area contributed by atoms with Gasteiger partial charge in [0.25, 0.3) is 0 Å². The fourth-order valence-corrected chi connectivity index (χ4v) is 2.98. The smallest absolute Gasteiger partial charge is 0.0702 e. The largest absolute Gasteiger partial charge is 0.343 e. The molecule has 0 spiro atoms. The topological polar surface area (TPSA) is 17.8 Å². The van der Waals surface area contributed by atoms with Crippen molar-refractivity contribution in [2.45, 2.75) is 6.54 Å². The number of fused-ring (bicyclic) bond motifs is 2. The molecular weight excluding hydrogens is 280 g/mol. The Labute approximate surface area is 127 Å². The first-order chi connectivity index (χ1) is 10.3. The highest BCUT2D eigenvalue weighted by molar-refractivity contribution is 6.35. The molecule has 0 saturated carbocycles. The third-order valence-corrected chi connectivity index (χ3v) is 4.11. The van der Waals surface area contributed by atoms with Crippen LogP contribution < -0.4 is 0 Å². The van der Waals surface area contributed by atoms with Gasteiger partial charge < -0.3 is 4.57 Å². The quantitative estimate of drug-likeness (QED) is 0.514. The maximum Gasteiger partial charge on any atom is 0.0702 e. The summed E-state index contributed by atoms with van der Waals surface area (Å²) in [6.45, 7) is 0.828. The molecule has 2 aromatic heterocycles. The first-order valence-corrected chi connectivity index (χ1v) is 7.26. The lowest BCUT2D eigenvalue weighted by molar-refractivity contribution is 0.838. The summed E-state index contributed by atoms with van der Waals surface area (Å²) >= 11 is 6.23. The first-order valence-electron chi connectivity index (χ1n) is 6.88. The lowest BCUT2D eigenvalue weighted by Crippen LogP contribution is -1.97. The normalized spacial score (nSPS) is 11.3. The third kappa shape index (κ3) is 2.18. The maximum atomic E-state index is 6.23. The van der Waals surface area contributed by atoms with Gasteiger partial charge in [-0.3, -0.25) is 4.98 Å². The SMILES string of the molecule is Clc1cccc2c1ccn2Cc1ccc2ncccc2c1. The fourth-order valence-electron chi connectivity index (χ4n) is 2.74. The summed E-state index contributed by atoms with van der Waals surface area (Å²) in [7, 11) is 0. The average Bonchev–Trinajstić information content (AvgIpc) is 2.92. The van der Waals surface area contributed by atoms with Crippen LogP contribution in [-0.2, 0) is 6.54 Å². The van der Waals surface area contributed by atoms with Gasteiger partial charge in [-0.25, -0.2) is 0 Å². The van der Waals surface area contributed by atoms with Crippen molar-refractivity contribution >= 4 is 33.4 Å². The zero-order valence-corrected chi connectivity index (χ0v) is 12.1. The van der Waals surface area contributed by atoms with Crippen LogP contribution in [0, 0.1) is 0 Å². The molecule has 0 aliphatic carbocycles. The molecule has 0 radical (unpaired) electrons. The van der Waals surface area contributed by atoms with Gasteiger partial charge in [0.1, 0.15) is 0 Å². The fraction of sp³-hybridized carbons (Fsp3) is 0.0556. The molecule has 0 amide bonds. The lowest BCUT2D eigenvalue weighted by Gasteiger charge is -2.07. The van der Waals surface area contributed by atoms with Crippen molar-refractivity contribution in [1.29, 1.82) is 0 Å². The molecule has 2 heterocycles. The summed E-state index contributed by atoms with van der Waals surface area (Å²) in [5.41, 5.74) is 3.45. The molecule has 0 fully saturated rings. The van der Waals surface area contributed by atoms with E-state index in [4.69, 9.17) is 11.6 Å². The Hall–Kier alpha value is -2.32. The Balaban J connectivity index is 1.77. The second-order valence-electron chi connectivity index (χ2n) is 5.15. The predicted octanol–water partition coefficient (Wildman–Crippen LogP) is 4.89. The number of halogens is 1. The van der Waals surface area contributed by atoms with E-state index < -0.39 is 0 Å². The minimum atomic E-state index is 0.800. The number of benzene rings is 2. The van der Waals surface area contributed by atoms with Crippen molar-refractivity contribution < 1.29 is 0 Å². The van der Waals surface area contributed by atoms with Crippen molar-refractivity contribution in [3.63, 3.8) is 0 Å². The molecule has 0 aliphatic heterocycles. The molecule has 0 unspecified atom stereocenters. The second-order valence-corrected chi connectivity index (χ2v) is 5.55. The molecule has 2 aromatic carbocycles. The zero-order valence-electron chi connectivity index (χ0n) is 11.3. The molecule has 0 bridgehead atoms. The van der Waals surface area contributed by atoms with E-state index in [1.54, 1.807) is 0 Å². The molecular formula is C18H13ClN2. The Morgan fingerprint density at radius 1 is 1.00 bits per heavy atom. The molecule has 0 aliphatic rings. The van der Waals surface area contributed by atoms with Gasteiger partial charge in [0.2, 0.25) is 0 Å². The number of hydrogen-bond donors (Lipinski definition) is 0.